The zero-order chi connectivity index (χ0) is 23.2. The van der Waals surface area contributed by atoms with Gasteiger partial charge in [-0.05, 0) is 36.8 Å². The Morgan fingerprint density at radius 1 is 0.968 bits per heavy atom. The highest BCUT2D eigenvalue weighted by Gasteiger charge is 2.62. The number of rotatable bonds is 5. The Labute approximate surface area is 179 Å². The molecule has 0 amide bonds. The summed E-state index contributed by atoms with van der Waals surface area (Å²) in [7, 11) is -4.03. The molecule has 0 aliphatic rings. The molecule has 31 heavy (non-hydrogen) atoms. The van der Waals surface area contributed by atoms with E-state index < -0.39 is 33.4 Å². The summed E-state index contributed by atoms with van der Waals surface area (Å²) >= 11 is 5.83. The normalized spacial score (nSPS) is 12.9. The molecule has 0 radical (unpaired) electrons. The lowest BCUT2D eigenvalue weighted by molar-refractivity contribution is -0.291. The highest BCUT2D eigenvalue weighted by molar-refractivity contribution is 7.89. The molecule has 0 saturated carbocycles. The zero-order valence-corrected chi connectivity index (χ0v) is 17.4. The number of benzene rings is 2. The summed E-state index contributed by atoms with van der Waals surface area (Å²) in [6, 6.07) is 10.0. The molecule has 0 aliphatic heterocycles. The molecule has 0 atom stereocenters. The minimum Gasteiger partial charge on any atom is -0.262 e. The summed E-state index contributed by atoms with van der Waals surface area (Å²) < 4.78 is 92.6. The lowest BCUT2D eigenvalue weighted by atomic mass is 9.96. The fourth-order valence-electron chi connectivity index (χ4n) is 3.04. The first-order valence-electron chi connectivity index (χ1n) is 8.72. The number of aryl methyl sites for hydroxylation is 1. The van der Waals surface area contributed by atoms with E-state index in [9.17, 15) is 30.4 Å². The molecule has 1 aromatic heterocycles. The van der Waals surface area contributed by atoms with Crippen molar-refractivity contribution in [3.8, 4) is 22.4 Å². The lowest BCUT2D eigenvalue weighted by Gasteiger charge is -2.22. The average Bonchev–Trinajstić information content (AvgIpc) is 3.07. The van der Waals surface area contributed by atoms with E-state index in [0.717, 1.165) is 12.1 Å². The topological polar surface area (TPSA) is 78.0 Å². The molecule has 5 nitrogen and oxygen atoms in total. The Hall–Kier alpha value is -2.50. The number of nitrogens with zero attached hydrogens (tertiary/aromatic N) is 2. The molecule has 0 aliphatic carbocycles. The van der Waals surface area contributed by atoms with Crippen LogP contribution in [-0.4, -0.2) is 24.4 Å². The second-order valence-electron chi connectivity index (χ2n) is 6.54. The van der Waals surface area contributed by atoms with Crippen LogP contribution in [0.5, 0.6) is 0 Å². The average molecular weight is 480 g/mol. The van der Waals surface area contributed by atoms with Crippen molar-refractivity contribution in [3.63, 3.8) is 0 Å². The third-order valence-electron chi connectivity index (χ3n) is 4.49. The third-order valence-corrected chi connectivity index (χ3v) is 5.68. The van der Waals surface area contributed by atoms with Gasteiger partial charge in [0.25, 0.3) is 0 Å². The summed E-state index contributed by atoms with van der Waals surface area (Å²) in [4.78, 5) is -0.250. The Morgan fingerprint density at radius 2 is 1.48 bits per heavy atom. The van der Waals surface area contributed by atoms with Crippen molar-refractivity contribution in [3.05, 3.63) is 59.2 Å². The predicted octanol–water partition coefficient (Wildman–Crippen LogP) is 5.19. The van der Waals surface area contributed by atoms with E-state index in [4.69, 9.17) is 16.7 Å². The quantitative estimate of drug-likeness (QED) is 0.511. The van der Waals surface area contributed by atoms with Gasteiger partial charge in [-0.3, -0.25) is 4.68 Å². The number of halogens is 6. The van der Waals surface area contributed by atoms with Gasteiger partial charge in [0.05, 0.1) is 4.90 Å². The van der Waals surface area contributed by atoms with Crippen LogP contribution in [0, 0.1) is 0 Å². The number of sulfonamides is 1. The van der Waals surface area contributed by atoms with E-state index in [1.54, 1.807) is 0 Å². The fraction of sp³-hybridized carbons (Fsp3) is 0.211. The molecular weight excluding hydrogens is 465 g/mol. The Morgan fingerprint density at radius 3 is 1.94 bits per heavy atom. The van der Waals surface area contributed by atoms with E-state index in [2.05, 4.69) is 5.10 Å². The number of hydrogen-bond donors (Lipinski definition) is 1. The van der Waals surface area contributed by atoms with E-state index in [1.165, 1.54) is 43.3 Å². The van der Waals surface area contributed by atoms with Crippen LogP contribution >= 0.6 is 11.6 Å². The molecular formula is C19H15ClF5N3O2S. The van der Waals surface area contributed by atoms with E-state index in [1.807, 2.05) is 0 Å². The highest BCUT2D eigenvalue weighted by Crippen LogP contribution is 2.49. The van der Waals surface area contributed by atoms with Crippen LogP contribution in [0.25, 0.3) is 22.4 Å². The second kappa shape index (κ2) is 7.88. The highest BCUT2D eigenvalue weighted by atomic mass is 35.5. The predicted molar refractivity (Wildman–Crippen MR) is 105 cm³/mol. The van der Waals surface area contributed by atoms with Crippen LogP contribution in [0.4, 0.5) is 22.0 Å². The Kier molecular flexibility index (Phi) is 5.89. The van der Waals surface area contributed by atoms with Gasteiger partial charge in [0.1, 0.15) is 11.4 Å². The summed E-state index contributed by atoms with van der Waals surface area (Å²) in [5.74, 6) is -5.20. The number of alkyl halides is 5. The third kappa shape index (κ3) is 4.30. The van der Waals surface area contributed by atoms with Gasteiger partial charge in [-0.15, -0.1) is 0 Å². The van der Waals surface area contributed by atoms with Crippen molar-refractivity contribution < 1.29 is 30.4 Å². The van der Waals surface area contributed by atoms with Gasteiger partial charge < -0.3 is 0 Å². The van der Waals surface area contributed by atoms with Crippen LogP contribution in [-0.2, 0) is 22.5 Å². The maximum Gasteiger partial charge on any atom is 0.459 e. The van der Waals surface area contributed by atoms with Gasteiger partial charge in [0, 0.05) is 22.7 Å². The van der Waals surface area contributed by atoms with Crippen molar-refractivity contribution in [1.82, 2.24) is 9.78 Å². The van der Waals surface area contributed by atoms with Gasteiger partial charge in [-0.25, -0.2) is 13.6 Å². The summed E-state index contributed by atoms with van der Waals surface area (Å²) in [5, 5.41) is 9.30. The minimum absolute atomic E-state index is 0.0357. The van der Waals surface area contributed by atoms with Crippen LogP contribution < -0.4 is 5.14 Å². The van der Waals surface area contributed by atoms with Gasteiger partial charge in [0.2, 0.25) is 10.0 Å². The summed E-state index contributed by atoms with van der Waals surface area (Å²) in [6.45, 7) is 1.11. The number of hydrogen-bond acceptors (Lipinski definition) is 3. The van der Waals surface area contributed by atoms with Crippen molar-refractivity contribution in [2.24, 2.45) is 5.14 Å². The molecule has 2 aromatic carbocycles. The van der Waals surface area contributed by atoms with E-state index in [0.29, 0.717) is 4.68 Å². The molecule has 166 valence electrons. The molecule has 1 heterocycles. The Balaban J connectivity index is 2.36. The number of aromatic nitrogens is 2. The molecule has 0 unspecified atom stereocenters. The number of nitrogens with two attached hydrogens (primary N) is 1. The molecule has 0 spiro atoms. The van der Waals surface area contributed by atoms with E-state index in [-0.39, 0.29) is 33.3 Å². The second-order valence-corrected chi connectivity index (χ2v) is 8.53. The van der Waals surface area contributed by atoms with Gasteiger partial charge in [-0.2, -0.15) is 27.1 Å². The molecule has 3 rings (SSSR count). The lowest BCUT2D eigenvalue weighted by Crippen LogP contribution is -2.36. The first-order valence-corrected chi connectivity index (χ1v) is 10.6. The summed E-state index contributed by atoms with van der Waals surface area (Å²) in [5.41, 5.74) is -1.78. The SMILES string of the molecule is CCn1nc(-c2ccc(S(N)(=O)=O)cc2)c(-c2ccc(Cl)cc2)c1C(F)(F)C(F)(F)F. The van der Waals surface area contributed by atoms with Crippen molar-refractivity contribution >= 4 is 21.6 Å². The van der Waals surface area contributed by atoms with E-state index >= 15 is 0 Å². The molecule has 12 heteroatoms. The van der Waals surface area contributed by atoms with Crippen LogP contribution in [0.15, 0.2) is 53.4 Å². The molecule has 0 bridgehead atoms. The van der Waals surface area contributed by atoms with Crippen molar-refractivity contribution in [1.29, 1.82) is 0 Å². The maximum atomic E-state index is 14.6. The van der Waals surface area contributed by atoms with Gasteiger partial charge in [-0.1, -0.05) is 35.9 Å². The van der Waals surface area contributed by atoms with Crippen LogP contribution in [0.2, 0.25) is 5.02 Å². The molecule has 0 saturated heterocycles. The molecule has 2 N–H and O–H groups in total. The smallest absolute Gasteiger partial charge is 0.262 e. The van der Waals surface area contributed by atoms with Crippen LogP contribution in [0.3, 0.4) is 0 Å². The standard InChI is InChI=1S/C19H15ClF5N3O2S/c1-2-28-17(18(21,22)19(23,24)25)15(11-3-7-13(20)8-4-11)16(27-28)12-5-9-14(10-6-12)31(26,29)30/h3-10H,2H2,1H3,(H2,26,29,30). The zero-order valence-electron chi connectivity index (χ0n) is 15.8. The monoisotopic (exact) mass is 479 g/mol. The molecule has 3 aromatic rings. The fourth-order valence-corrected chi connectivity index (χ4v) is 3.68. The van der Waals surface area contributed by atoms with Crippen molar-refractivity contribution in [2.45, 2.75) is 30.5 Å². The number of primary sulfonamides is 1. The first-order chi connectivity index (χ1) is 14.3. The largest absolute Gasteiger partial charge is 0.459 e. The van der Waals surface area contributed by atoms with Crippen molar-refractivity contribution in [2.75, 3.05) is 0 Å². The summed E-state index contributed by atoms with van der Waals surface area (Å²) in [6.07, 6.45) is -5.87. The maximum absolute atomic E-state index is 14.6. The van der Waals surface area contributed by atoms with Gasteiger partial charge in [0.15, 0.2) is 0 Å². The minimum atomic E-state index is -5.87. The Bertz CT molecular complexity index is 1210. The van der Waals surface area contributed by atoms with Crippen LogP contribution in [0.1, 0.15) is 12.6 Å². The first kappa shape index (κ1) is 23.2. The van der Waals surface area contributed by atoms with Gasteiger partial charge >= 0.3 is 12.1 Å². The molecule has 0 fully saturated rings.